The minimum Gasteiger partial charge on any atom is -0.230 e. The molecule has 0 aromatic heterocycles. The quantitative estimate of drug-likeness (QED) is 0.446. The van der Waals surface area contributed by atoms with Crippen LogP contribution in [0.5, 0.6) is 0 Å². The number of aryl methyl sites for hydroxylation is 1. The molecule has 1 atom stereocenters. The smallest absolute Gasteiger partial charge is 0.172 e. The van der Waals surface area contributed by atoms with Crippen molar-refractivity contribution in [3.8, 4) is 11.8 Å². The molecule has 0 spiro atoms. The fourth-order valence-electron chi connectivity index (χ4n) is 1.24. The molecule has 1 unspecified atom stereocenters. The third-order valence-corrected chi connectivity index (χ3v) is 3.22. The Kier molecular flexibility index (Phi) is 6.27. The standard InChI is InChI=1S/C14H17NOS/c1-3-4-5-6-7-12-15-17(16)14-10-8-13(2)9-11-14/h8-12H,5-7H2,1-2H3/b15-12+. The SMILES string of the molecule is CC#CCCC/C=N/S(=O)c1ccc(C)cc1. The summed E-state index contributed by atoms with van der Waals surface area (Å²) < 4.78 is 15.8. The molecule has 0 bridgehead atoms. The summed E-state index contributed by atoms with van der Waals surface area (Å²) >= 11 is 0. The van der Waals surface area contributed by atoms with Crippen molar-refractivity contribution in [1.29, 1.82) is 0 Å². The fraction of sp³-hybridized carbons (Fsp3) is 0.357. The summed E-state index contributed by atoms with van der Waals surface area (Å²) in [7, 11) is -1.27. The first-order valence-corrected chi connectivity index (χ1v) is 6.75. The lowest BCUT2D eigenvalue weighted by Crippen LogP contribution is -1.88. The Morgan fingerprint density at radius 3 is 2.71 bits per heavy atom. The first-order valence-electron chi connectivity index (χ1n) is 5.64. The Labute approximate surface area is 106 Å². The number of benzene rings is 1. The van der Waals surface area contributed by atoms with Gasteiger partial charge in [0.15, 0.2) is 11.0 Å². The van der Waals surface area contributed by atoms with Gasteiger partial charge in [0, 0.05) is 12.6 Å². The van der Waals surface area contributed by atoms with Crippen molar-refractivity contribution >= 4 is 17.2 Å². The van der Waals surface area contributed by atoms with Gasteiger partial charge < -0.3 is 0 Å². The van der Waals surface area contributed by atoms with Crippen LogP contribution in [0.25, 0.3) is 0 Å². The topological polar surface area (TPSA) is 29.4 Å². The summed E-state index contributed by atoms with van der Waals surface area (Å²) in [6.07, 6.45) is 4.40. The molecular weight excluding hydrogens is 230 g/mol. The van der Waals surface area contributed by atoms with E-state index >= 15 is 0 Å². The average Bonchev–Trinajstić information content (AvgIpc) is 2.34. The van der Waals surface area contributed by atoms with Gasteiger partial charge in [0.05, 0.1) is 4.90 Å². The molecule has 2 nitrogen and oxygen atoms in total. The average molecular weight is 247 g/mol. The zero-order valence-electron chi connectivity index (χ0n) is 10.3. The van der Waals surface area contributed by atoms with Crippen molar-refractivity contribution in [3.63, 3.8) is 0 Å². The number of nitrogens with zero attached hydrogens (tertiary/aromatic N) is 1. The largest absolute Gasteiger partial charge is 0.230 e. The maximum atomic E-state index is 11.7. The molecule has 0 heterocycles. The molecule has 0 aliphatic heterocycles. The second-order valence-electron chi connectivity index (χ2n) is 3.67. The van der Waals surface area contributed by atoms with E-state index in [0.29, 0.717) is 0 Å². The molecule has 0 N–H and O–H groups in total. The molecule has 0 amide bonds. The highest BCUT2D eigenvalue weighted by molar-refractivity contribution is 7.83. The summed E-state index contributed by atoms with van der Waals surface area (Å²) in [5.74, 6) is 5.83. The van der Waals surface area contributed by atoms with Gasteiger partial charge in [-0.15, -0.1) is 11.8 Å². The Morgan fingerprint density at radius 1 is 1.35 bits per heavy atom. The van der Waals surface area contributed by atoms with Gasteiger partial charge in [0.25, 0.3) is 0 Å². The van der Waals surface area contributed by atoms with Crippen molar-refractivity contribution in [1.82, 2.24) is 0 Å². The maximum absolute atomic E-state index is 11.7. The summed E-state index contributed by atoms with van der Waals surface area (Å²) in [6, 6.07) is 7.59. The van der Waals surface area contributed by atoms with E-state index in [1.54, 1.807) is 6.21 Å². The number of unbranched alkanes of at least 4 members (excludes halogenated alkanes) is 2. The van der Waals surface area contributed by atoms with E-state index in [1.165, 1.54) is 0 Å². The molecule has 0 aliphatic carbocycles. The molecule has 0 saturated heterocycles. The summed E-state index contributed by atoms with van der Waals surface area (Å²) in [6.45, 7) is 3.84. The molecule has 1 aromatic rings. The van der Waals surface area contributed by atoms with Gasteiger partial charge >= 0.3 is 0 Å². The van der Waals surface area contributed by atoms with E-state index in [-0.39, 0.29) is 0 Å². The molecule has 3 heteroatoms. The first-order chi connectivity index (χ1) is 8.24. The van der Waals surface area contributed by atoms with Crippen LogP contribution in [0.4, 0.5) is 0 Å². The monoisotopic (exact) mass is 247 g/mol. The summed E-state index contributed by atoms with van der Waals surface area (Å²) in [5, 5.41) is 0. The molecular formula is C14H17NOS. The van der Waals surface area contributed by atoms with Crippen molar-refractivity contribution in [2.24, 2.45) is 4.40 Å². The number of hydrogen-bond acceptors (Lipinski definition) is 1. The van der Waals surface area contributed by atoms with Crippen LogP contribution in [0, 0.1) is 18.8 Å². The predicted octanol–water partition coefficient (Wildman–Crippen LogP) is 3.28. The molecule has 0 radical (unpaired) electrons. The van der Waals surface area contributed by atoms with Gasteiger partial charge in [-0.05, 0) is 38.8 Å². The highest BCUT2D eigenvalue weighted by Crippen LogP contribution is 2.08. The summed E-state index contributed by atoms with van der Waals surface area (Å²) in [5.41, 5.74) is 1.16. The van der Waals surface area contributed by atoms with E-state index in [9.17, 15) is 4.21 Å². The molecule has 1 rings (SSSR count). The van der Waals surface area contributed by atoms with E-state index in [1.807, 2.05) is 38.1 Å². The van der Waals surface area contributed by atoms with Crippen molar-refractivity contribution < 1.29 is 4.21 Å². The highest BCUT2D eigenvalue weighted by Gasteiger charge is 1.99. The van der Waals surface area contributed by atoms with Crippen LogP contribution in [0.1, 0.15) is 31.7 Å². The van der Waals surface area contributed by atoms with Gasteiger partial charge in [-0.1, -0.05) is 17.7 Å². The fourth-order valence-corrected chi connectivity index (χ4v) is 1.97. The Morgan fingerprint density at radius 2 is 2.06 bits per heavy atom. The first kappa shape index (κ1) is 13.7. The minimum atomic E-state index is -1.27. The Balaban J connectivity index is 2.40. The van der Waals surface area contributed by atoms with Crippen LogP contribution in [0.2, 0.25) is 0 Å². The highest BCUT2D eigenvalue weighted by atomic mass is 32.2. The zero-order chi connectivity index (χ0) is 12.5. The molecule has 0 aliphatic rings. The van der Waals surface area contributed by atoms with Crippen LogP contribution in [0.3, 0.4) is 0 Å². The van der Waals surface area contributed by atoms with Crippen LogP contribution in [-0.2, 0) is 11.0 Å². The minimum absolute atomic E-state index is 0.750. The lowest BCUT2D eigenvalue weighted by atomic mass is 10.2. The van der Waals surface area contributed by atoms with Gasteiger partial charge in [-0.3, -0.25) is 0 Å². The van der Waals surface area contributed by atoms with E-state index in [4.69, 9.17) is 0 Å². The third-order valence-electron chi connectivity index (χ3n) is 2.20. The lowest BCUT2D eigenvalue weighted by molar-refractivity contribution is 0.684. The third kappa shape index (κ3) is 5.46. The van der Waals surface area contributed by atoms with Crippen LogP contribution in [-0.4, -0.2) is 10.4 Å². The molecule has 90 valence electrons. The van der Waals surface area contributed by atoms with Gasteiger partial charge in [0.2, 0.25) is 0 Å². The lowest BCUT2D eigenvalue weighted by Gasteiger charge is -1.96. The van der Waals surface area contributed by atoms with Crippen LogP contribution < -0.4 is 0 Å². The second-order valence-corrected chi connectivity index (χ2v) is 4.85. The van der Waals surface area contributed by atoms with Crippen molar-refractivity contribution in [2.45, 2.75) is 38.0 Å². The normalized spacial score (nSPS) is 12.1. The Bertz CT molecular complexity index is 451. The van der Waals surface area contributed by atoms with Crippen LogP contribution >= 0.6 is 0 Å². The predicted molar refractivity (Wildman–Crippen MR) is 73.4 cm³/mol. The van der Waals surface area contributed by atoms with Gasteiger partial charge in [-0.2, -0.15) is 4.40 Å². The van der Waals surface area contributed by atoms with E-state index < -0.39 is 11.0 Å². The van der Waals surface area contributed by atoms with Crippen molar-refractivity contribution in [3.05, 3.63) is 29.8 Å². The molecule has 0 fully saturated rings. The van der Waals surface area contributed by atoms with Crippen molar-refractivity contribution in [2.75, 3.05) is 0 Å². The molecule has 17 heavy (non-hydrogen) atoms. The second kappa shape index (κ2) is 7.81. The van der Waals surface area contributed by atoms with E-state index in [2.05, 4.69) is 16.2 Å². The Hall–Kier alpha value is -1.40. The zero-order valence-corrected chi connectivity index (χ0v) is 11.1. The van der Waals surface area contributed by atoms with E-state index in [0.717, 1.165) is 29.7 Å². The molecule has 0 saturated carbocycles. The van der Waals surface area contributed by atoms with Gasteiger partial charge in [-0.25, -0.2) is 4.21 Å². The summed E-state index contributed by atoms with van der Waals surface area (Å²) in [4.78, 5) is 0.750. The van der Waals surface area contributed by atoms with Crippen LogP contribution in [0.15, 0.2) is 33.6 Å². The maximum Gasteiger partial charge on any atom is 0.172 e. The molecule has 1 aromatic carbocycles. The number of rotatable bonds is 5. The number of hydrogen-bond donors (Lipinski definition) is 0. The van der Waals surface area contributed by atoms with Gasteiger partial charge in [0.1, 0.15) is 0 Å².